The number of benzene rings is 2. The third-order valence-electron chi connectivity index (χ3n) is 7.05. The minimum atomic E-state index is -0.401. The zero-order valence-electron chi connectivity index (χ0n) is 23.9. The first-order valence-electron chi connectivity index (χ1n) is 13.6. The molecule has 2 amide bonds. The van der Waals surface area contributed by atoms with Gasteiger partial charge in [-0.15, -0.1) is 11.8 Å². The molecule has 1 aliphatic heterocycles. The molecule has 2 aromatic carbocycles. The number of fused-ring (bicyclic) bond motifs is 1. The van der Waals surface area contributed by atoms with Gasteiger partial charge in [0.05, 0.1) is 22.4 Å². The van der Waals surface area contributed by atoms with Crippen molar-refractivity contribution < 1.29 is 14.0 Å². The average molecular weight is 572 g/mol. The second kappa shape index (κ2) is 11.5. The Balaban J connectivity index is 1.68. The van der Waals surface area contributed by atoms with Gasteiger partial charge in [0.2, 0.25) is 11.8 Å². The number of nitrogens with one attached hydrogen (secondary N) is 1. The Morgan fingerprint density at radius 2 is 1.93 bits per heavy atom. The predicted molar refractivity (Wildman–Crippen MR) is 161 cm³/mol. The molecule has 1 aliphatic rings. The topological polar surface area (TPSA) is 80.1 Å². The first-order valence-corrected chi connectivity index (χ1v) is 14.6. The molecule has 1 atom stereocenters. The van der Waals surface area contributed by atoms with Crippen LogP contribution in [0.5, 0.6) is 0 Å². The second-order valence-corrected chi connectivity index (χ2v) is 12.5. The van der Waals surface area contributed by atoms with E-state index in [2.05, 4.69) is 37.1 Å². The van der Waals surface area contributed by atoms with Crippen molar-refractivity contribution in [3.8, 4) is 5.69 Å². The number of carbonyl (C=O) groups excluding carboxylic acids is 2. The fourth-order valence-corrected chi connectivity index (χ4v) is 6.31. The van der Waals surface area contributed by atoms with Crippen LogP contribution in [0.2, 0.25) is 0 Å². The summed E-state index contributed by atoms with van der Waals surface area (Å²) < 4.78 is 16.3. The molecular weight excluding hydrogens is 537 g/mol. The Kier molecular flexibility index (Phi) is 8.00. The Labute approximate surface area is 244 Å². The molecule has 41 heavy (non-hydrogen) atoms. The first-order chi connectivity index (χ1) is 19.5. The predicted octanol–water partition coefficient (Wildman–Crippen LogP) is 5.81. The summed E-state index contributed by atoms with van der Waals surface area (Å²) in [7, 11) is 0. The van der Waals surface area contributed by atoms with E-state index in [1.165, 1.54) is 23.9 Å². The molecule has 0 radical (unpaired) electrons. The van der Waals surface area contributed by atoms with Gasteiger partial charge >= 0.3 is 0 Å². The summed E-state index contributed by atoms with van der Waals surface area (Å²) in [5.74, 6) is -0.179. The number of anilines is 1. The molecule has 1 N–H and O–H groups in total. The number of rotatable bonds is 6. The Morgan fingerprint density at radius 1 is 1.12 bits per heavy atom. The van der Waals surface area contributed by atoms with Crippen LogP contribution >= 0.6 is 11.8 Å². The van der Waals surface area contributed by atoms with Crippen molar-refractivity contribution >= 4 is 29.4 Å². The van der Waals surface area contributed by atoms with E-state index in [9.17, 15) is 14.0 Å². The molecule has 0 aliphatic carbocycles. The normalized spacial score (nSPS) is 15.4. The van der Waals surface area contributed by atoms with Crippen molar-refractivity contribution in [2.45, 2.75) is 51.8 Å². The Morgan fingerprint density at radius 3 is 2.61 bits per heavy atom. The van der Waals surface area contributed by atoms with Crippen molar-refractivity contribution in [2.75, 3.05) is 17.2 Å². The molecular formula is C32H34FN5O2S. The maximum absolute atomic E-state index is 14.5. The zero-order valence-corrected chi connectivity index (χ0v) is 24.8. The fraction of sp³-hybridized carbons (Fsp3) is 0.312. The number of carbonyl (C=O) groups is 2. The van der Waals surface area contributed by atoms with Crippen LogP contribution in [0, 0.1) is 19.7 Å². The average Bonchev–Trinajstić information content (AvgIpc) is 3.25. The third kappa shape index (κ3) is 6.05. The van der Waals surface area contributed by atoms with Gasteiger partial charge in [0.1, 0.15) is 18.2 Å². The van der Waals surface area contributed by atoms with E-state index in [-0.39, 0.29) is 35.2 Å². The number of nitrogens with zero attached hydrogens (tertiary/aromatic N) is 4. The molecule has 0 saturated carbocycles. The van der Waals surface area contributed by atoms with Gasteiger partial charge in [-0.2, -0.15) is 5.10 Å². The van der Waals surface area contributed by atoms with Crippen molar-refractivity contribution in [3.63, 3.8) is 0 Å². The van der Waals surface area contributed by atoms with Gasteiger partial charge in [-0.3, -0.25) is 19.5 Å². The van der Waals surface area contributed by atoms with Crippen LogP contribution in [0.25, 0.3) is 5.69 Å². The van der Waals surface area contributed by atoms with Gasteiger partial charge < -0.3 is 5.32 Å². The number of aromatic nitrogens is 3. The van der Waals surface area contributed by atoms with Crippen molar-refractivity contribution in [1.29, 1.82) is 0 Å². The van der Waals surface area contributed by atoms with Crippen LogP contribution in [-0.4, -0.2) is 38.9 Å². The SMILES string of the molecule is Cc1ccc(-n2nc(C(C)(C)C)c3c2N(CC(=O)NCc2cccnc2)C(=O)CSC3c2cccc(F)c2)c(C)c1. The largest absolute Gasteiger partial charge is 0.350 e. The zero-order chi connectivity index (χ0) is 29.3. The van der Waals surface area contributed by atoms with Crippen LogP contribution in [0.15, 0.2) is 67.0 Å². The van der Waals surface area contributed by atoms with E-state index >= 15 is 0 Å². The molecule has 0 saturated heterocycles. The number of hydrogen-bond acceptors (Lipinski definition) is 5. The maximum Gasteiger partial charge on any atom is 0.240 e. The third-order valence-corrected chi connectivity index (χ3v) is 8.30. The molecule has 9 heteroatoms. The smallest absolute Gasteiger partial charge is 0.240 e. The molecule has 0 spiro atoms. The van der Waals surface area contributed by atoms with E-state index in [0.29, 0.717) is 12.4 Å². The summed E-state index contributed by atoms with van der Waals surface area (Å²) in [5, 5.41) is 7.69. The summed E-state index contributed by atoms with van der Waals surface area (Å²) in [5.41, 5.74) is 5.74. The van der Waals surface area contributed by atoms with Gasteiger partial charge in [-0.05, 0) is 54.8 Å². The number of hydrogen-bond donors (Lipinski definition) is 1. The lowest BCUT2D eigenvalue weighted by Crippen LogP contribution is -2.42. The van der Waals surface area contributed by atoms with Gasteiger partial charge in [0.25, 0.3) is 0 Å². The van der Waals surface area contributed by atoms with Crippen LogP contribution < -0.4 is 10.2 Å². The molecule has 7 nitrogen and oxygen atoms in total. The van der Waals surface area contributed by atoms with Crippen molar-refractivity contribution in [1.82, 2.24) is 20.1 Å². The number of aryl methyl sites for hydroxylation is 2. The standard InChI is InChI=1S/C32H34FN5O2S/c1-20-11-12-25(21(2)14-20)38-31-28(30(36-38)32(3,4)5)29(23-9-6-10-24(33)15-23)41-19-27(40)37(31)18-26(39)35-17-22-8-7-13-34-16-22/h6-16,29H,17-19H2,1-5H3,(H,35,39). The molecule has 1 unspecified atom stereocenters. The molecule has 0 fully saturated rings. The summed E-state index contributed by atoms with van der Waals surface area (Å²) >= 11 is 1.43. The van der Waals surface area contributed by atoms with Crippen molar-refractivity contribution in [2.24, 2.45) is 0 Å². The minimum absolute atomic E-state index is 0.127. The van der Waals surface area contributed by atoms with E-state index in [1.54, 1.807) is 28.0 Å². The highest BCUT2D eigenvalue weighted by atomic mass is 32.2. The monoisotopic (exact) mass is 571 g/mol. The maximum atomic E-state index is 14.5. The van der Waals surface area contributed by atoms with E-state index < -0.39 is 5.41 Å². The van der Waals surface area contributed by atoms with Crippen LogP contribution in [-0.2, 0) is 21.5 Å². The lowest BCUT2D eigenvalue weighted by atomic mass is 9.87. The summed E-state index contributed by atoms with van der Waals surface area (Å²) in [6, 6.07) is 16.3. The minimum Gasteiger partial charge on any atom is -0.350 e. The van der Waals surface area contributed by atoms with Gasteiger partial charge in [-0.1, -0.05) is 56.7 Å². The molecule has 3 heterocycles. The highest BCUT2D eigenvalue weighted by Crippen LogP contribution is 2.48. The Bertz CT molecular complexity index is 1600. The number of amides is 2. The van der Waals surface area contributed by atoms with E-state index in [1.807, 2.05) is 44.2 Å². The lowest BCUT2D eigenvalue weighted by molar-refractivity contribution is -0.123. The van der Waals surface area contributed by atoms with Gasteiger partial charge in [-0.25, -0.2) is 9.07 Å². The molecule has 5 rings (SSSR count). The quantitative estimate of drug-likeness (QED) is 0.316. The number of thioether (sulfide) groups is 1. The molecule has 2 aromatic heterocycles. The summed E-state index contributed by atoms with van der Waals surface area (Å²) in [6.45, 7) is 10.4. The molecule has 4 aromatic rings. The second-order valence-electron chi connectivity index (χ2n) is 11.4. The summed E-state index contributed by atoms with van der Waals surface area (Å²) in [6.07, 6.45) is 3.37. The van der Waals surface area contributed by atoms with Gasteiger partial charge in [0, 0.05) is 29.9 Å². The highest BCUT2D eigenvalue weighted by Gasteiger charge is 2.40. The van der Waals surface area contributed by atoms with Gasteiger partial charge in [0.15, 0.2) is 0 Å². The first kappa shape index (κ1) is 28.5. The van der Waals surface area contributed by atoms with E-state index in [4.69, 9.17) is 5.10 Å². The fourth-order valence-electron chi connectivity index (χ4n) is 5.12. The van der Waals surface area contributed by atoms with Crippen molar-refractivity contribution in [3.05, 3.63) is 106 Å². The van der Waals surface area contributed by atoms with E-state index in [0.717, 1.165) is 39.2 Å². The van der Waals surface area contributed by atoms with Crippen LogP contribution in [0.1, 0.15) is 59.5 Å². The Hall–Kier alpha value is -3.98. The van der Waals surface area contributed by atoms with Crippen LogP contribution in [0.4, 0.5) is 10.2 Å². The molecule has 0 bridgehead atoms. The lowest BCUT2D eigenvalue weighted by Gasteiger charge is -2.25. The number of pyridine rings is 1. The highest BCUT2D eigenvalue weighted by molar-refractivity contribution is 8.00. The summed E-state index contributed by atoms with van der Waals surface area (Å²) in [4.78, 5) is 32.8. The number of halogens is 1. The van der Waals surface area contributed by atoms with Crippen LogP contribution in [0.3, 0.4) is 0 Å². The molecule has 212 valence electrons.